The third kappa shape index (κ3) is 8.89. The maximum Gasteiger partial charge on any atom is 0.450 e. The molecule has 0 spiro atoms. The van der Waals surface area contributed by atoms with Gasteiger partial charge in [0.25, 0.3) is 0 Å². The van der Waals surface area contributed by atoms with Crippen molar-refractivity contribution in [2.75, 3.05) is 18.0 Å². The Labute approximate surface area is 207 Å². The number of benzene rings is 1. The predicted molar refractivity (Wildman–Crippen MR) is 135 cm³/mol. The summed E-state index contributed by atoms with van der Waals surface area (Å²) < 4.78 is 40.9. The van der Waals surface area contributed by atoms with Crippen molar-refractivity contribution in [3.8, 4) is 11.6 Å². The van der Waals surface area contributed by atoms with Gasteiger partial charge in [0, 0.05) is 18.8 Å². The summed E-state index contributed by atoms with van der Waals surface area (Å²) in [6, 6.07) is 6.64. The summed E-state index contributed by atoms with van der Waals surface area (Å²) in [5.41, 5.74) is 0.423. The fourth-order valence-corrected chi connectivity index (χ4v) is 4.29. The van der Waals surface area contributed by atoms with Gasteiger partial charge in [-0.2, -0.15) is 13.2 Å². The highest BCUT2D eigenvalue weighted by Crippen LogP contribution is 2.35. The molecule has 8 heteroatoms. The highest BCUT2D eigenvalue weighted by Gasteiger charge is 2.39. The van der Waals surface area contributed by atoms with E-state index in [1.54, 1.807) is 12.1 Å². The van der Waals surface area contributed by atoms with Crippen LogP contribution in [0.1, 0.15) is 107 Å². The third-order valence-corrected chi connectivity index (χ3v) is 6.28. The second-order valence-electron chi connectivity index (χ2n) is 9.13. The smallest absolute Gasteiger partial charge is 0.450 e. The molecular weight excluding hydrogens is 455 g/mol. The second-order valence-corrected chi connectivity index (χ2v) is 9.13. The number of anilines is 1. The molecule has 1 N–H and O–H groups in total. The van der Waals surface area contributed by atoms with Gasteiger partial charge in [-0.1, -0.05) is 78.1 Å². The van der Waals surface area contributed by atoms with Crippen molar-refractivity contribution in [2.24, 2.45) is 0 Å². The van der Waals surface area contributed by atoms with Gasteiger partial charge in [-0.15, -0.1) is 0 Å². The van der Waals surface area contributed by atoms with Crippen molar-refractivity contribution >= 4 is 12.0 Å². The molecule has 0 aliphatic heterocycles. The Balaban J connectivity index is 2.14. The van der Waals surface area contributed by atoms with Crippen LogP contribution in [0.2, 0.25) is 0 Å². The van der Waals surface area contributed by atoms with Crippen LogP contribution >= 0.6 is 0 Å². The van der Waals surface area contributed by atoms with Crippen LogP contribution in [0.3, 0.4) is 0 Å². The third-order valence-electron chi connectivity index (χ3n) is 6.28. The van der Waals surface area contributed by atoms with E-state index in [-0.39, 0.29) is 12.0 Å². The minimum absolute atomic E-state index is 0.109. The van der Waals surface area contributed by atoms with E-state index < -0.39 is 23.6 Å². The van der Waals surface area contributed by atoms with E-state index in [0.717, 1.165) is 44.5 Å². The molecular formula is C27H40F3N3O2. The van der Waals surface area contributed by atoms with E-state index in [2.05, 4.69) is 23.7 Å². The van der Waals surface area contributed by atoms with Gasteiger partial charge in [0.2, 0.25) is 11.7 Å². The van der Waals surface area contributed by atoms with Crippen molar-refractivity contribution in [1.29, 1.82) is 0 Å². The Hall–Kier alpha value is -2.51. The van der Waals surface area contributed by atoms with E-state index in [9.17, 15) is 23.1 Å². The van der Waals surface area contributed by atoms with Gasteiger partial charge in [-0.25, -0.2) is 4.98 Å². The molecule has 0 unspecified atom stereocenters. The highest BCUT2D eigenvalue weighted by atomic mass is 19.4. The normalized spacial score (nSPS) is 11.7. The summed E-state index contributed by atoms with van der Waals surface area (Å²) in [5.74, 6) is -2.13. The number of carbonyl (C=O) groups excluding carboxylic acids is 1. The number of carbonyl (C=O) groups is 1. The van der Waals surface area contributed by atoms with Gasteiger partial charge in [-0.05, 0) is 37.1 Å². The Kier molecular flexibility index (Phi) is 12.1. The van der Waals surface area contributed by atoms with E-state index >= 15 is 0 Å². The molecule has 0 saturated heterocycles. The van der Waals surface area contributed by atoms with Crippen LogP contribution in [0.5, 0.6) is 5.88 Å². The number of aldehydes is 1. The largest absolute Gasteiger partial charge is 0.493 e. The fourth-order valence-electron chi connectivity index (χ4n) is 4.29. The molecule has 2 aromatic rings. The molecule has 0 fully saturated rings. The van der Waals surface area contributed by atoms with Crippen LogP contribution in [-0.2, 0) is 6.18 Å². The van der Waals surface area contributed by atoms with Crippen LogP contribution in [-0.4, -0.2) is 34.0 Å². The van der Waals surface area contributed by atoms with Gasteiger partial charge in [0.05, 0.1) is 5.69 Å². The zero-order valence-electron chi connectivity index (χ0n) is 21.1. The van der Waals surface area contributed by atoms with Gasteiger partial charge < -0.3 is 10.0 Å². The summed E-state index contributed by atoms with van der Waals surface area (Å²) in [7, 11) is 0. The lowest BCUT2D eigenvalue weighted by Gasteiger charge is -2.25. The molecule has 0 saturated carbocycles. The summed E-state index contributed by atoms with van der Waals surface area (Å²) in [6.45, 7) is 6.21. The summed E-state index contributed by atoms with van der Waals surface area (Å²) >= 11 is 0. The van der Waals surface area contributed by atoms with Crippen LogP contribution in [0, 0.1) is 0 Å². The number of alkyl halides is 3. The van der Waals surface area contributed by atoms with Gasteiger partial charge in [0.1, 0.15) is 0 Å². The van der Waals surface area contributed by atoms with E-state index in [1.807, 2.05) is 0 Å². The van der Waals surface area contributed by atoms with Gasteiger partial charge >= 0.3 is 6.18 Å². The first-order valence-corrected chi connectivity index (χ1v) is 13.0. The Bertz CT molecular complexity index is 863. The number of imidazole rings is 1. The minimum Gasteiger partial charge on any atom is -0.493 e. The van der Waals surface area contributed by atoms with Crippen molar-refractivity contribution in [3.63, 3.8) is 0 Å². The molecule has 5 nitrogen and oxygen atoms in total. The zero-order valence-corrected chi connectivity index (χ0v) is 21.1. The average molecular weight is 496 g/mol. The van der Waals surface area contributed by atoms with Crippen molar-refractivity contribution < 1.29 is 23.1 Å². The van der Waals surface area contributed by atoms with Crippen molar-refractivity contribution in [2.45, 2.75) is 97.1 Å². The first-order valence-electron chi connectivity index (χ1n) is 13.0. The lowest BCUT2D eigenvalue weighted by Crippen LogP contribution is -2.25. The lowest BCUT2D eigenvalue weighted by molar-refractivity contribution is -0.146. The Morgan fingerprint density at radius 2 is 1.34 bits per heavy atom. The standard InChI is InChI=1S/C27H40F3N3O2/c1-3-5-7-9-11-13-19-32(20-14-12-10-8-6-4-2)22-15-17-23(18-16-22)33-25(35)24(21-34)31-26(33)27(28,29)30/h15-18,21,35H,3-14,19-20H2,1-2H3. The van der Waals surface area contributed by atoms with Crippen LogP contribution in [0.25, 0.3) is 5.69 Å². The number of halogens is 3. The topological polar surface area (TPSA) is 58.4 Å². The molecule has 0 aliphatic rings. The number of aromatic nitrogens is 2. The van der Waals surface area contributed by atoms with E-state index in [0.29, 0.717) is 4.57 Å². The molecule has 0 radical (unpaired) electrons. The number of nitrogens with zero attached hydrogens (tertiary/aromatic N) is 3. The molecule has 1 aromatic carbocycles. The SMILES string of the molecule is CCCCCCCCN(CCCCCCCC)c1ccc(-n2c(C(F)(F)F)nc(C=O)c2O)cc1. The number of rotatable bonds is 17. The number of hydrogen-bond acceptors (Lipinski definition) is 4. The first kappa shape index (κ1) is 28.7. The lowest BCUT2D eigenvalue weighted by atomic mass is 10.1. The quantitative estimate of drug-likeness (QED) is 0.179. The van der Waals surface area contributed by atoms with Crippen molar-refractivity contribution in [3.05, 3.63) is 35.8 Å². The molecule has 1 heterocycles. The van der Waals surface area contributed by atoms with E-state index in [1.165, 1.54) is 63.5 Å². The molecule has 35 heavy (non-hydrogen) atoms. The monoisotopic (exact) mass is 495 g/mol. The Morgan fingerprint density at radius 1 is 0.857 bits per heavy atom. The van der Waals surface area contributed by atoms with Crippen LogP contribution in [0.4, 0.5) is 18.9 Å². The molecule has 0 amide bonds. The number of aromatic hydroxyl groups is 1. The summed E-state index contributed by atoms with van der Waals surface area (Å²) in [4.78, 5) is 16.6. The second kappa shape index (κ2) is 14.8. The van der Waals surface area contributed by atoms with Crippen molar-refractivity contribution in [1.82, 2.24) is 9.55 Å². The minimum atomic E-state index is -4.81. The highest BCUT2D eigenvalue weighted by molar-refractivity contribution is 5.76. The van der Waals surface area contributed by atoms with Crippen LogP contribution < -0.4 is 4.90 Å². The summed E-state index contributed by atoms with van der Waals surface area (Å²) in [5, 5.41) is 10.2. The average Bonchev–Trinajstić information content (AvgIpc) is 3.19. The summed E-state index contributed by atoms with van der Waals surface area (Å²) in [6.07, 6.45) is 9.68. The van der Waals surface area contributed by atoms with Gasteiger partial charge in [0.15, 0.2) is 12.0 Å². The zero-order chi connectivity index (χ0) is 25.7. The number of unbranched alkanes of at least 4 members (excludes halogenated alkanes) is 10. The first-order chi connectivity index (χ1) is 16.8. The van der Waals surface area contributed by atoms with Crippen LogP contribution in [0.15, 0.2) is 24.3 Å². The van der Waals surface area contributed by atoms with Gasteiger partial charge in [-0.3, -0.25) is 9.36 Å². The molecule has 2 rings (SSSR count). The molecule has 196 valence electrons. The number of hydrogen-bond donors (Lipinski definition) is 1. The molecule has 1 aromatic heterocycles. The molecule has 0 aliphatic carbocycles. The maximum atomic E-state index is 13.5. The molecule has 0 bridgehead atoms. The Morgan fingerprint density at radius 3 is 1.80 bits per heavy atom. The molecule has 0 atom stereocenters. The predicted octanol–water partition coefficient (Wildman–Crippen LogP) is 7.94. The van der Waals surface area contributed by atoms with E-state index in [4.69, 9.17) is 0 Å². The fraction of sp³-hybridized carbons (Fsp3) is 0.630. The maximum absolute atomic E-state index is 13.5.